The van der Waals surface area contributed by atoms with Crippen molar-refractivity contribution < 1.29 is 0 Å². The molecule has 94 valence electrons. The minimum Gasteiger partial charge on any atom is -0.361 e. The third-order valence-corrected chi connectivity index (χ3v) is 3.99. The Morgan fingerprint density at radius 2 is 2.28 bits per heavy atom. The Morgan fingerprint density at radius 3 is 3.17 bits per heavy atom. The summed E-state index contributed by atoms with van der Waals surface area (Å²) in [6, 6.07) is 9.25. The van der Waals surface area contributed by atoms with Crippen LogP contribution in [0.25, 0.3) is 10.9 Å². The molecule has 3 rings (SSSR count). The van der Waals surface area contributed by atoms with E-state index in [9.17, 15) is 0 Å². The topological polar surface area (TPSA) is 19.0 Å². The predicted octanol–water partition coefficient (Wildman–Crippen LogP) is 3.36. The van der Waals surface area contributed by atoms with E-state index in [-0.39, 0.29) is 0 Å². The van der Waals surface area contributed by atoms with Crippen LogP contribution in [0.5, 0.6) is 0 Å². The molecule has 18 heavy (non-hydrogen) atoms. The summed E-state index contributed by atoms with van der Waals surface area (Å²) < 4.78 is 0. The Kier molecular flexibility index (Phi) is 3.20. The van der Waals surface area contributed by atoms with Crippen LogP contribution in [0, 0.1) is 0 Å². The zero-order valence-electron chi connectivity index (χ0n) is 10.7. The lowest BCUT2D eigenvalue weighted by molar-refractivity contribution is 0.280. The van der Waals surface area contributed by atoms with E-state index < -0.39 is 0 Å². The largest absolute Gasteiger partial charge is 0.361 e. The van der Waals surface area contributed by atoms with Gasteiger partial charge >= 0.3 is 0 Å². The molecule has 1 unspecified atom stereocenters. The van der Waals surface area contributed by atoms with Crippen molar-refractivity contribution >= 4 is 10.9 Å². The van der Waals surface area contributed by atoms with Crippen LogP contribution in [0.15, 0.2) is 43.1 Å². The molecule has 0 aliphatic carbocycles. The normalized spacial score (nSPS) is 20.6. The molecule has 0 spiro atoms. The second-order valence-electron chi connectivity index (χ2n) is 5.14. The lowest BCUT2D eigenvalue weighted by Crippen LogP contribution is -2.31. The molecule has 1 saturated heterocycles. The maximum atomic E-state index is 3.86. The van der Waals surface area contributed by atoms with Crippen molar-refractivity contribution in [1.82, 2.24) is 9.88 Å². The number of rotatable bonds is 4. The molecule has 2 nitrogen and oxygen atoms in total. The number of hydrogen-bond donors (Lipinski definition) is 1. The molecule has 1 fully saturated rings. The highest BCUT2D eigenvalue weighted by Gasteiger charge is 2.24. The number of aromatic amines is 1. The third-order valence-electron chi connectivity index (χ3n) is 3.99. The van der Waals surface area contributed by atoms with Gasteiger partial charge in [0.25, 0.3) is 0 Å². The minimum atomic E-state index is 0.683. The molecule has 1 aliphatic heterocycles. The average molecular weight is 240 g/mol. The Morgan fingerprint density at radius 1 is 1.39 bits per heavy atom. The van der Waals surface area contributed by atoms with Crippen molar-refractivity contribution in [3.8, 4) is 0 Å². The van der Waals surface area contributed by atoms with Gasteiger partial charge in [-0.25, -0.2) is 0 Å². The number of likely N-dealkylation sites (tertiary alicyclic amines) is 1. The second-order valence-corrected chi connectivity index (χ2v) is 5.14. The van der Waals surface area contributed by atoms with E-state index in [0.717, 1.165) is 13.0 Å². The molecular formula is C16H20N2. The summed E-state index contributed by atoms with van der Waals surface area (Å²) in [7, 11) is 0. The van der Waals surface area contributed by atoms with E-state index in [1.165, 1.54) is 35.9 Å². The summed E-state index contributed by atoms with van der Waals surface area (Å²) in [5.74, 6) is 0. The predicted molar refractivity (Wildman–Crippen MR) is 76.8 cm³/mol. The first-order valence-electron chi connectivity index (χ1n) is 6.78. The monoisotopic (exact) mass is 240 g/mol. The third kappa shape index (κ3) is 2.08. The number of aromatic nitrogens is 1. The first-order chi connectivity index (χ1) is 8.88. The van der Waals surface area contributed by atoms with Crippen LogP contribution in [0.3, 0.4) is 0 Å². The van der Waals surface area contributed by atoms with Gasteiger partial charge in [-0.2, -0.15) is 0 Å². The number of benzene rings is 1. The average Bonchev–Trinajstić information content (AvgIpc) is 2.99. The molecule has 1 atom stereocenters. The number of H-pyrrole nitrogens is 1. The molecule has 0 amide bonds. The highest BCUT2D eigenvalue weighted by Crippen LogP contribution is 2.25. The van der Waals surface area contributed by atoms with Gasteiger partial charge in [-0.05, 0) is 37.4 Å². The SMILES string of the molecule is C=CCN1CCCC1Cc1c[nH]c2ccccc12. The van der Waals surface area contributed by atoms with E-state index in [1.54, 1.807) is 0 Å². The summed E-state index contributed by atoms with van der Waals surface area (Å²) >= 11 is 0. The summed E-state index contributed by atoms with van der Waals surface area (Å²) in [6.07, 6.45) is 7.98. The van der Waals surface area contributed by atoms with Crippen LogP contribution < -0.4 is 0 Å². The highest BCUT2D eigenvalue weighted by molar-refractivity contribution is 5.83. The van der Waals surface area contributed by atoms with Gasteiger partial charge in [0.15, 0.2) is 0 Å². The number of hydrogen-bond acceptors (Lipinski definition) is 1. The Balaban J connectivity index is 1.81. The van der Waals surface area contributed by atoms with Crippen molar-refractivity contribution in [1.29, 1.82) is 0 Å². The van der Waals surface area contributed by atoms with Gasteiger partial charge in [0.05, 0.1) is 0 Å². The van der Waals surface area contributed by atoms with Crippen molar-refractivity contribution in [3.63, 3.8) is 0 Å². The highest BCUT2D eigenvalue weighted by atomic mass is 15.2. The molecule has 1 N–H and O–H groups in total. The van der Waals surface area contributed by atoms with Crippen LogP contribution >= 0.6 is 0 Å². The summed E-state index contributed by atoms with van der Waals surface area (Å²) in [5.41, 5.74) is 2.70. The van der Waals surface area contributed by atoms with Crippen LogP contribution in [0.2, 0.25) is 0 Å². The van der Waals surface area contributed by atoms with Crippen molar-refractivity contribution in [2.75, 3.05) is 13.1 Å². The minimum absolute atomic E-state index is 0.683. The molecule has 1 aromatic heterocycles. The molecule has 1 aliphatic rings. The van der Waals surface area contributed by atoms with Crippen LogP contribution in [-0.2, 0) is 6.42 Å². The fourth-order valence-corrected chi connectivity index (χ4v) is 3.09. The molecule has 0 saturated carbocycles. The zero-order valence-corrected chi connectivity index (χ0v) is 10.7. The van der Waals surface area contributed by atoms with Crippen LogP contribution in [0.1, 0.15) is 18.4 Å². The Labute approximate surface area is 108 Å². The molecule has 2 aromatic rings. The fourth-order valence-electron chi connectivity index (χ4n) is 3.09. The number of fused-ring (bicyclic) bond motifs is 1. The van der Waals surface area contributed by atoms with Gasteiger partial charge in [-0.3, -0.25) is 4.90 Å². The molecule has 2 heteroatoms. The lowest BCUT2D eigenvalue weighted by atomic mass is 10.0. The standard InChI is InChI=1S/C16H20N2/c1-2-9-18-10-5-6-14(18)11-13-12-17-16-8-4-3-7-15(13)16/h2-4,7-8,12,14,17H,1,5-6,9-11H2. The summed E-state index contributed by atoms with van der Waals surface area (Å²) in [5, 5.41) is 1.38. The second kappa shape index (κ2) is 4.99. The maximum Gasteiger partial charge on any atom is 0.0456 e. The molecule has 0 radical (unpaired) electrons. The van der Waals surface area contributed by atoms with Crippen molar-refractivity contribution in [2.45, 2.75) is 25.3 Å². The van der Waals surface area contributed by atoms with Crippen LogP contribution in [0.4, 0.5) is 0 Å². The molecular weight excluding hydrogens is 220 g/mol. The van der Waals surface area contributed by atoms with Gasteiger partial charge in [0.2, 0.25) is 0 Å². The van der Waals surface area contributed by atoms with Gasteiger partial charge < -0.3 is 4.98 Å². The maximum absolute atomic E-state index is 3.86. The van der Waals surface area contributed by atoms with E-state index in [4.69, 9.17) is 0 Å². The molecule has 2 heterocycles. The smallest absolute Gasteiger partial charge is 0.0456 e. The summed E-state index contributed by atoms with van der Waals surface area (Å²) in [6.45, 7) is 6.10. The van der Waals surface area contributed by atoms with E-state index in [2.05, 4.69) is 46.9 Å². The van der Waals surface area contributed by atoms with Crippen LogP contribution in [-0.4, -0.2) is 29.0 Å². The quantitative estimate of drug-likeness (QED) is 0.812. The van der Waals surface area contributed by atoms with Gasteiger partial charge in [-0.15, -0.1) is 6.58 Å². The zero-order chi connectivity index (χ0) is 12.4. The summed E-state index contributed by atoms with van der Waals surface area (Å²) in [4.78, 5) is 5.92. The van der Waals surface area contributed by atoms with Gasteiger partial charge in [0.1, 0.15) is 0 Å². The van der Waals surface area contributed by atoms with Crippen molar-refractivity contribution in [3.05, 3.63) is 48.7 Å². The number of nitrogens with zero attached hydrogens (tertiary/aromatic N) is 1. The Bertz CT molecular complexity index is 541. The Hall–Kier alpha value is -1.54. The number of nitrogens with one attached hydrogen (secondary N) is 1. The number of para-hydroxylation sites is 1. The molecule has 0 bridgehead atoms. The first kappa shape index (κ1) is 11.5. The fraction of sp³-hybridized carbons (Fsp3) is 0.375. The van der Waals surface area contributed by atoms with E-state index >= 15 is 0 Å². The van der Waals surface area contributed by atoms with Gasteiger partial charge in [-0.1, -0.05) is 24.3 Å². The lowest BCUT2D eigenvalue weighted by Gasteiger charge is -2.22. The van der Waals surface area contributed by atoms with E-state index in [0.29, 0.717) is 6.04 Å². The first-order valence-corrected chi connectivity index (χ1v) is 6.78. The van der Waals surface area contributed by atoms with Gasteiger partial charge in [0, 0.05) is 29.7 Å². The van der Waals surface area contributed by atoms with E-state index in [1.807, 2.05) is 6.08 Å². The van der Waals surface area contributed by atoms with Crippen molar-refractivity contribution in [2.24, 2.45) is 0 Å². The molecule has 1 aromatic carbocycles.